The summed E-state index contributed by atoms with van der Waals surface area (Å²) < 4.78 is 36.0. The average Bonchev–Trinajstić information content (AvgIpc) is 2.82. The molecule has 0 aliphatic heterocycles. The van der Waals surface area contributed by atoms with Crippen LogP contribution in [-0.2, 0) is 0 Å². The molecule has 0 saturated heterocycles. The lowest BCUT2D eigenvalue weighted by molar-refractivity contribution is 0.151. The number of benzene rings is 1. The molecule has 0 aliphatic rings. The van der Waals surface area contributed by atoms with E-state index in [0.29, 0.717) is 28.4 Å². The van der Waals surface area contributed by atoms with E-state index in [0.717, 1.165) is 0 Å². The topological polar surface area (TPSA) is 121 Å². The molecule has 0 amide bonds. The van der Waals surface area contributed by atoms with E-state index in [2.05, 4.69) is 30.3 Å². The Hall–Kier alpha value is -4.02. The van der Waals surface area contributed by atoms with Crippen LogP contribution in [-0.4, -0.2) is 45.3 Å². The molecule has 0 aliphatic carbocycles. The van der Waals surface area contributed by atoms with E-state index in [1.165, 1.54) is 31.4 Å². The average molecular weight is 427 g/mol. The van der Waals surface area contributed by atoms with Crippen molar-refractivity contribution >= 4 is 17.1 Å². The van der Waals surface area contributed by atoms with E-state index >= 15 is 0 Å². The summed E-state index contributed by atoms with van der Waals surface area (Å²) in [6.07, 6.45) is 0.600. The number of hydrazone groups is 1. The number of nitrogens with zero attached hydrogens (tertiary/aromatic N) is 6. The van der Waals surface area contributed by atoms with Crippen LogP contribution in [0.3, 0.4) is 0 Å². The van der Waals surface area contributed by atoms with Crippen molar-refractivity contribution in [2.75, 3.05) is 13.7 Å². The summed E-state index contributed by atoms with van der Waals surface area (Å²) in [6.45, 7) is 1.66. The highest BCUT2D eigenvalue weighted by Crippen LogP contribution is 2.22. The van der Waals surface area contributed by atoms with E-state index in [4.69, 9.17) is 15.3 Å². The molecule has 0 spiro atoms. The van der Waals surface area contributed by atoms with Crippen LogP contribution in [0.25, 0.3) is 11.3 Å². The third kappa shape index (κ3) is 5.75. The molecule has 2 aromatic heterocycles. The molecular formula is C20H19F2N7O2. The van der Waals surface area contributed by atoms with E-state index in [-0.39, 0.29) is 24.1 Å². The van der Waals surface area contributed by atoms with Gasteiger partial charge in [-0.1, -0.05) is 12.1 Å². The van der Waals surface area contributed by atoms with Crippen molar-refractivity contribution in [2.45, 2.75) is 13.3 Å². The zero-order valence-corrected chi connectivity index (χ0v) is 16.7. The van der Waals surface area contributed by atoms with Gasteiger partial charge in [-0.25, -0.2) is 23.7 Å². The molecule has 0 fully saturated rings. The first-order chi connectivity index (χ1) is 15.0. The maximum atomic E-state index is 12.7. The molecule has 9 nitrogen and oxygen atoms in total. The van der Waals surface area contributed by atoms with E-state index < -0.39 is 6.43 Å². The number of halogens is 2. The second kappa shape index (κ2) is 10.1. The smallest absolute Gasteiger partial charge is 0.316 e. The molecule has 2 heterocycles. The zero-order valence-electron chi connectivity index (χ0n) is 16.7. The van der Waals surface area contributed by atoms with Gasteiger partial charge in [0, 0.05) is 29.6 Å². The van der Waals surface area contributed by atoms with Crippen LogP contribution in [0.15, 0.2) is 58.9 Å². The van der Waals surface area contributed by atoms with Gasteiger partial charge in [-0.05, 0) is 25.1 Å². The van der Waals surface area contributed by atoms with Crippen molar-refractivity contribution in [1.82, 2.24) is 20.2 Å². The van der Waals surface area contributed by atoms with Crippen LogP contribution >= 0.6 is 0 Å². The number of ether oxygens (including phenoxy) is 2. The Bertz CT molecular complexity index is 1050. The van der Waals surface area contributed by atoms with Crippen LogP contribution in [0.1, 0.15) is 18.9 Å². The van der Waals surface area contributed by atoms with Crippen LogP contribution in [0, 0.1) is 0 Å². The largest absolute Gasteiger partial charge is 0.470 e. The fraction of sp³-hybridized carbons (Fsp3) is 0.200. The van der Waals surface area contributed by atoms with Gasteiger partial charge >= 0.3 is 6.01 Å². The van der Waals surface area contributed by atoms with Gasteiger partial charge in [-0.15, -0.1) is 10.2 Å². The molecule has 2 N–H and O–H groups in total. The van der Waals surface area contributed by atoms with Crippen molar-refractivity contribution in [1.29, 1.82) is 0 Å². The molecule has 3 rings (SSSR count). The second-order valence-corrected chi connectivity index (χ2v) is 6.17. The van der Waals surface area contributed by atoms with Crippen LogP contribution in [0.5, 0.6) is 11.9 Å². The summed E-state index contributed by atoms with van der Waals surface area (Å²) >= 11 is 0. The number of aliphatic imine (C=N–C) groups is 1. The number of methoxy groups -OCH3 is 1. The van der Waals surface area contributed by atoms with Gasteiger partial charge in [0.2, 0.25) is 5.88 Å². The SMILES string of the molecule is COc1ncc(-c2ccc(OCC(=Nc3ccc(C(F)F)cc3)/C(C)=N\N)nn2)cn1. The van der Waals surface area contributed by atoms with Gasteiger partial charge in [0.15, 0.2) is 0 Å². The van der Waals surface area contributed by atoms with Crippen molar-refractivity contribution in [3.63, 3.8) is 0 Å². The number of hydrogen-bond donors (Lipinski definition) is 1. The van der Waals surface area contributed by atoms with Crippen LogP contribution in [0.2, 0.25) is 0 Å². The first-order valence-corrected chi connectivity index (χ1v) is 9.03. The fourth-order valence-corrected chi connectivity index (χ4v) is 2.39. The van der Waals surface area contributed by atoms with Crippen molar-refractivity contribution < 1.29 is 18.3 Å². The Labute approximate surface area is 176 Å². The molecule has 3 aromatic rings. The first kappa shape index (κ1) is 21.7. The minimum atomic E-state index is -2.54. The summed E-state index contributed by atoms with van der Waals surface area (Å²) in [5.74, 6) is 5.62. The van der Waals surface area contributed by atoms with Gasteiger partial charge in [-0.2, -0.15) is 5.10 Å². The maximum Gasteiger partial charge on any atom is 0.316 e. The lowest BCUT2D eigenvalue weighted by atomic mass is 10.2. The molecular weight excluding hydrogens is 408 g/mol. The van der Waals surface area contributed by atoms with Crippen molar-refractivity contribution in [2.24, 2.45) is 15.9 Å². The van der Waals surface area contributed by atoms with Gasteiger partial charge in [-0.3, -0.25) is 0 Å². The van der Waals surface area contributed by atoms with Gasteiger partial charge < -0.3 is 15.3 Å². The minimum Gasteiger partial charge on any atom is -0.470 e. The summed E-state index contributed by atoms with van der Waals surface area (Å²) in [6, 6.07) is 9.18. The second-order valence-electron chi connectivity index (χ2n) is 6.17. The van der Waals surface area contributed by atoms with E-state index in [1.807, 2.05) is 0 Å². The number of nitrogens with two attached hydrogens (primary N) is 1. The Morgan fingerprint density at radius 2 is 1.77 bits per heavy atom. The Balaban J connectivity index is 1.71. The summed E-state index contributed by atoms with van der Waals surface area (Å²) in [4.78, 5) is 12.4. The third-order valence-electron chi connectivity index (χ3n) is 4.12. The van der Waals surface area contributed by atoms with Gasteiger partial charge in [0.25, 0.3) is 6.43 Å². The van der Waals surface area contributed by atoms with Gasteiger partial charge in [0.1, 0.15) is 12.3 Å². The van der Waals surface area contributed by atoms with Crippen molar-refractivity contribution in [3.05, 3.63) is 54.4 Å². The summed E-state index contributed by atoms with van der Waals surface area (Å²) in [5, 5.41) is 11.8. The molecule has 160 valence electrons. The molecule has 1 aromatic carbocycles. The molecule has 0 saturated carbocycles. The molecule has 0 radical (unpaired) electrons. The van der Waals surface area contributed by atoms with Crippen LogP contribution < -0.4 is 15.3 Å². The first-order valence-electron chi connectivity index (χ1n) is 9.03. The highest BCUT2D eigenvalue weighted by molar-refractivity contribution is 6.42. The predicted molar refractivity (Wildman–Crippen MR) is 111 cm³/mol. The number of alkyl halides is 2. The highest BCUT2D eigenvalue weighted by Gasteiger charge is 2.10. The molecule has 0 atom stereocenters. The van der Waals surface area contributed by atoms with E-state index in [1.54, 1.807) is 31.5 Å². The minimum absolute atomic E-state index is 0.00278. The fourth-order valence-electron chi connectivity index (χ4n) is 2.39. The van der Waals surface area contributed by atoms with E-state index in [9.17, 15) is 8.78 Å². The number of hydrogen-bond acceptors (Lipinski definition) is 9. The Morgan fingerprint density at radius 1 is 1.06 bits per heavy atom. The third-order valence-corrected chi connectivity index (χ3v) is 4.12. The van der Waals surface area contributed by atoms with Crippen molar-refractivity contribution in [3.8, 4) is 23.1 Å². The number of rotatable bonds is 8. The number of aromatic nitrogens is 4. The maximum absolute atomic E-state index is 12.7. The zero-order chi connectivity index (χ0) is 22.2. The lowest BCUT2D eigenvalue weighted by Gasteiger charge is -2.09. The molecule has 11 heteroatoms. The highest BCUT2D eigenvalue weighted by atomic mass is 19.3. The molecule has 0 bridgehead atoms. The Morgan fingerprint density at radius 3 is 2.32 bits per heavy atom. The quantitative estimate of drug-likeness (QED) is 0.332. The lowest BCUT2D eigenvalue weighted by Crippen LogP contribution is -2.21. The van der Waals surface area contributed by atoms with Crippen LogP contribution in [0.4, 0.5) is 14.5 Å². The monoisotopic (exact) mass is 427 g/mol. The normalized spacial score (nSPS) is 12.2. The molecule has 31 heavy (non-hydrogen) atoms. The van der Waals surface area contributed by atoms with Gasteiger partial charge in [0.05, 0.1) is 24.2 Å². The summed E-state index contributed by atoms with van der Waals surface area (Å²) in [5.41, 5.74) is 2.45. The Kier molecular flexibility index (Phi) is 7.09. The predicted octanol–water partition coefficient (Wildman–Crippen LogP) is 3.37. The standard InChI is InChI=1S/C20H19F2N7O2/c1-12(27-23)17(26-15-5-3-13(4-6-15)19(21)22)11-31-18-8-7-16(28-29-18)14-9-24-20(30-2)25-10-14/h3-10,19H,11,23H2,1-2H3/b26-17?,27-12-. The molecule has 0 unspecified atom stereocenters. The summed E-state index contributed by atoms with van der Waals surface area (Å²) in [7, 11) is 1.48.